The predicted molar refractivity (Wildman–Crippen MR) is 182 cm³/mol. The van der Waals surface area contributed by atoms with Gasteiger partial charge < -0.3 is 10.2 Å². The van der Waals surface area contributed by atoms with E-state index in [0.717, 1.165) is 66.8 Å². The van der Waals surface area contributed by atoms with Crippen LogP contribution in [0.1, 0.15) is 0 Å². The predicted octanol–water partition coefficient (Wildman–Crippen LogP) is 11.1. The quantitative estimate of drug-likeness (QED) is 0.210. The van der Waals surface area contributed by atoms with E-state index >= 15 is 0 Å². The minimum Gasteiger partial charge on any atom is -0.508 e. The molecule has 2 heteroatoms. The fraction of sp³-hybridized carbons (Fsp3) is 0. The largest absolute Gasteiger partial charge is 0.508 e. The molecule has 7 aromatic carbocycles. The van der Waals surface area contributed by atoms with Crippen LogP contribution in [0.4, 0.5) is 0 Å². The van der Waals surface area contributed by atoms with E-state index in [9.17, 15) is 10.2 Å². The maximum absolute atomic E-state index is 10.2. The van der Waals surface area contributed by atoms with E-state index in [1.165, 1.54) is 0 Å². The van der Waals surface area contributed by atoms with Crippen LogP contribution in [-0.4, -0.2) is 10.2 Å². The Morgan fingerprint density at radius 3 is 0.773 bits per heavy atom. The highest BCUT2D eigenvalue weighted by molar-refractivity contribution is 5.95. The van der Waals surface area contributed by atoms with E-state index in [2.05, 4.69) is 109 Å². The SMILES string of the molecule is Oc1cccc(-c2ccccc2-c2ccccc2-c2cccc(-c3ccccc3-c3ccccc3-c3cccc(O)c3)c2)c1. The summed E-state index contributed by atoms with van der Waals surface area (Å²) in [5.74, 6) is 0.505. The summed E-state index contributed by atoms with van der Waals surface area (Å²) in [6, 6.07) is 57.3. The van der Waals surface area contributed by atoms with E-state index in [0.29, 0.717) is 0 Å². The van der Waals surface area contributed by atoms with Crippen LogP contribution in [0.25, 0.3) is 66.8 Å². The Kier molecular flexibility index (Phi) is 7.24. The first-order valence-electron chi connectivity index (χ1n) is 14.7. The topological polar surface area (TPSA) is 40.5 Å². The summed E-state index contributed by atoms with van der Waals surface area (Å²) in [6.07, 6.45) is 0. The second-order valence-electron chi connectivity index (χ2n) is 10.9. The van der Waals surface area contributed by atoms with Gasteiger partial charge >= 0.3 is 0 Å². The van der Waals surface area contributed by atoms with E-state index in [1.807, 2.05) is 48.5 Å². The van der Waals surface area contributed by atoms with Gasteiger partial charge in [-0.15, -0.1) is 0 Å². The van der Waals surface area contributed by atoms with Gasteiger partial charge in [0.05, 0.1) is 0 Å². The molecule has 0 unspecified atom stereocenters. The minimum absolute atomic E-state index is 0.252. The Labute approximate surface area is 257 Å². The van der Waals surface area contributed by atoms with Gasteiger partial charge in [-0.05, 0) is 97.1 Å². The van der Waals surface area contributed by atoms with Crippen LogP contribution in [0.3, 0.4) is 0 Å². The molecule has 0 fully saturated rings. The second-order valence-corrected chi connectivity index (χ2v) is 10.9. The Morgan fingerprint density at radius 1 is 0.227 bits per heavy atom. The van der Waals surface area contributed by atoms with Crippen molar-refractivity contribution in [1.29, 1.82) is 0 Å². The molecule has 2 nitrogen and oxygen atoms in total. The molecule has 0 bridgehead atoms. The first-order chi connectivity index (χ1) is 21.7. The van der Waals surface area contributed by atoms with Crippen LogP contribution in [0.2, 0.25) is 0 Å². The van der Waals surface area contributed by atoms with Gasteiger partial charge in [-0.1, -0.05) is 140 Å². The zero-order valence-electron chi connectivity index (χ0n) is 24.1. The van der Waals surface area contributed by atoms with Crippen LogP contribution in [-0.2, 0) is 0 Å². The monoisotopic (exact) mass is 566 g/mol. The molecule has 44 heavy (non-hydrogen) atoms. The molecule has 210 valence electrons. The number of hydrogen-bond donors (Lipinski definition) is 2. The molecule has 0 heterocycles. The standard InChI is InChI=1S/C42H30O2/c43-33-16-10-14-31(27-33)37-20-3-7-24-41(37)39-22-5-1-18-35(39)29-12-9-13-30(26-29)36-19-2-6-23-40(36)42-25-8-4-21-38(42)32-15-11-17-34(44)28-32/h1-28,43-44H. The molecule has 0 aliphatic heterocycles. The van der Waals surface area contributed by atoms with Gasteiger partial charge in [-0.3, -0.25) is 0 Å². The molecule has 0 spiro atoms. The highest BCUT2D eigenvalue weighted by atomic mass is 16.3. The molecule has 0 amide bonds. The van der Waals surface area contributed by atoms with Crippen molar-refractivity contribution >= 4 is 0 Å². The number of hydrogen-bond acceptors (Lipinski definition) is 2. The van der Waals surface area contributed by atoms with Crippen molar-refractivity contribution in [3.63, 3.8) is 0 Å². The number of benzene rings is 7. The van der Waals surface area contributed by atoms with Crippen LogP contribution in [0.15, 0.2) is 170 Å². The molecule has 0 saturated heterocycles. The molecule has 0 radical (unpaired) electrons. The van der Waals surface area contributed by atoms with Gasteiger partial charge in [-0.2, -0.15) is 0 Å². The third kappa shape index (κ3) is 5.26. The molecule has 7 aromatic rings. The summed E-state index contributed by atoms with van der Waals surface area (Å²) >= 11 is 0. The van der Waals surface area contributed by atoms with Crippen molar-refractivity contribution in [3.05, 3.63) is 170 Å². The van der Waals surface area contributed by atoms with Crippen LogP contribution >= 0.6 is 0 Å². The number of phenols is 2. The van der Waals surface area contributed by atoms with Crippen molar-refractivity contribution in [3.8, 4) is 78.3 Å². The minimum atomic E-state index is 0.252. The molecule has 0 saturated carbocycles. The molecule has 0 atom stereocenters. The van der Waals surface area contributed by atoms with Gasteiger partial charge in [0.25, 0.3) is 0 Å². The fourth-order valence-electron chi connectivity index (χ4n) is 6.08. The Balaban J connectivity index is 1.35. The third-order valence-corrected chi connectivity index (χ3v) is 8.09. The van der Waals surface area contributed by atoms with Crippen molar-refractivity contribution in [2.45, 2.75) is 0 Å². The van der Waals surface area contributed by atoms with Crippen molar-refractivity contribution in [1.82, 2.24) is 0 Å². The molecule has 0 aromatic heterocycles. The average molecular weight is 567 g/mol. The van der Waals surface area contributed by atoms with E-state index in [1.54, 1.807) is 12.1 Å². The number of rotatable bonds is 6. The van der Waals surface area contributed by atoms with Gasteiger partial charge in [0, 0.05) is 0 Å². The lowest BCUT2D eigenvalue weighted by Crippen LogP contribution is -1.91. The summed E-state index contributed by atoms with van der Waals surface area (Å²) in [4.78, 5) is 0. The summed E-state index contributed by atoms with van der Waals surface area (Å²) in [7, 11) is 0. The summed E-state index contributed by atoms with van der Waals surface area (Å²) in [6.45, 7) is 0. The molecular weight excluding hydrogens is 536 g/mol. The summed E-state index contributed by atoms with van der Waals surface area (Å²) < 4.78 is 0. The second kappa shape index (κ2) is 11.8. The molecule has 0 aliphatic rings. The molecule has 2 N–H and O–H groups in total. The maximum atomic E-state index is 10.2. The van der Waals surface area contributed by atoms with E-state index in [4.69, 9.17) is 0 Å². The average Bonchev–Trinajstić information content (AvgIpc) is 3.08. The lowest BCUT2D eigenvalue weighted by molar-refractivity contribution is 0.475. The van der Waals surface area contributed by atoms with Crippen molar-refractivity contribution < 1.29 is 10.2 Å². The Morgan fingerprint density at radius 2 is 0.477 bits per heavy atom. The van der Waals surface area contributed by atoms with E-state index in [-0.39, 0.29) is 11.5 Å². The van der Waals surface area contributed by atoms with Crippen molar-refractivity contribution in [2.75, 3.05) is 0 Å². The number of aromatic hydroxyl groups is 2. The van der Waals surface area contributed by atoms with Gasteiger partial charge in [-0.25, -0.2) is 0 Å². The first-order valence-corrected chi connectivity index (χ1v) is 14.7. The Hall–Kier alpha value is -5.86. The van der Waals surface area contributed by atoms with Crippen molar-refractivity contribution in [2.24, 2.45) is 0 Å². The zero-order valence-corrected chi connectivity index (χ0v) is 24.1. The van der Waals surface area contributed by atoms with Crippen LogP contribution in [0.5, 0.6) is 11.5 Å². The lowest BCUT2D eigenvalue weighted by atomic mass is 9.87. The lowest BCUT2D eigenvalue weighted by Gasteiger charge is -2.17. The van der Waals surface area contributed by atoms with Gasteiger partial charge in [0.2, 0.25) is 0 Å². The molecule has 0 aliphatic carbocycles. The van der Waals surface area contributed by atoms with E-state index < -0.39 is 0 Å². The van der Waals surface area contributed by atoms with Crippen LogP contribution < -0.4 is 0 Å². The smallest absolute Gasteiger partial charge is 0.116 e. The Bertz CT molecular complexity index is 1960. The summed E-state index contributed by atoms with van der Waals surface area (Å²) in [5.41, 5.74) is 13.1. The molecule has 7 rings (SSSR count). The summed E-state index contributed by atoms with van der Waals surface area (Å²) in [5, 5.41) is 20.4. The highest BCUT2D eigenvalue weighted by Gasteiger charge is 2.15. The van der Waals surface area contributed by atoms with Crippen LogP contribution in [0, 0.1) is 0 Å². The van der Waals surface area contributed by atoms with Gasteiger partial charge in [0.15, 0.2) is 0 Å². The molecular formula is C42H30O2. The zero-order chi connectivity index (χ0) is 29.9. The van der Waals surface area contributed by atoms with Gasteiger partial charge in [0.1, 0.15) is 11.5 Å². The third-order valence-electron chi connectivity index (χ3n) is 8.09. The first kappa shape index (κ1) is 27.0. The number of phenolic OH excluding ortho intramolecular Hbond substituents is 2. The highest BCUT2D eigenvalue weighted by Crippen LogP contribution is 2.42. The fourth-order valence-corrected chi connectivity index (χ4v) is 6.08. The normalized spacial score (nSPS) is 10.9. The maximum Gasteiger partial charge on any atom is 0.116 e.